The Balaban J connectivity index is 1.92. The predicted octanol–water partition coefficient (Wildman–Crippen LogP) is 4.14. The quantitative estimate of drug-likeness (QED) is 0.906. The van der Waals surface area contributed by atoms with Crippen LogP contribution in [0.4, 0.5) is 9.39 Å². The molecule has 1 aliphatic carbocycles. The highest BCUT2D eigenvalue weighted by atomic mass is 32.1. The lowest BCUT2D eigenvalue weighted by atomic mass is 9.88. The van der Waals surface area contributed by atoms with Crippen LogP contribution in [0.3, 0.4) is 0 Å². The summed E-state index contributed by atoms with van der Waals surface area (Å²) in [6.07, 6.45) is 2.86. The van der Waals surface area contributed by atoms with E-state index in [0.717, 1.165) is 24.8 Å². The van der Waals surface area contributed by atoms with Crippen molar-refractivity contribution in [1.82, 2.24) is 0 Å². The summed E-state index contributed by atoms with van der Waals surface area (Å²) in [5.41, 5.74) is 1.58. The molecule has 1 N–H and O–H groups in total. The van der Waals surface area contributed by atoms with Gasteiger partial charge in [-0.15, -0.1) is 11.3 Å². The molecule has 112 valence electrons. The van der Waals surface area contributed by atoms with E-state index in [-0.39, 0.29) is 5.56 Å². The predicted molar refractivity (Wildman–Crippen MR) is 84.6 cm³/mol. The van der Waals surface area contributed by atoms with Gasteiger partial charge in [-0.1, -0.05) is 19.1 Å². The zero-order valence-corrected chi connectivity index (χ0v) is 13.0. The lowest BCUT2D eigenvalue weighted by Crippen LogP contribution is -2.13. The number of halogens is 1. The van der Waals surface area contributed by atoms with E-state index in [1.807, 2.05) is 0 Å². The van der Waals surface area contributed by atoms with Crippen LogP contribution in [0.5, 0.6) is 0 Å². The van der Waals surface area contributed by atoms with Crippen LogP contribution in [0.25, 0.3) is 0 Å². The number of nitrogens with one attached hydrogen (secondary N) is 1. The standard InChI is InChI=1S/C17H15FN2OS/c1-10-6-7-11-13(9-19)17(22-15(11)8-10)20-16(21)12-4-2-3-5-14(12)18/h2-5,10H,6-8H2,1H3,(H,20,21)/t10-/m0/s1. The van der Waals surface area contributed by atoms with Crippen molar-refractivity contribution in [1.29, 1.82) is 5.26 Å². The van der Waals surface area contributed by atoms with Gasteiger partial charge >= 0.3 is 0 Å². The first kappa shape index (κ1) is 14.7. The Bertz CT molecular complexity index is 775. The summed E-state index contributed by atoms with van der Waals surface area (Å²) in [6.45, 7) is 2.19. The van der Waals surface area contributed by atoms with Gasteiger partial charge in [-0.25, -0.2) is 4.39 Å². The first-order valence-electron chi connectivity index (χ1n) is 7.20. The Kier molecular flexibility index (Phi) is 3.95. The maximum atomic E-state index is 13.7. The number of carbonyl (C=O) groups is 1. The molecule has 0 radical (unpaired) electrons. The van der Waals surface area contributed by atoms with Gasteiger partial charge in [-0.2, -0.15) is 5.26 Å². The van der Waals surface area contributed by atoms with Crippen LogP contribution in [0.2, 0.25) is 0 Å². The van der Waals surface area contributed by atoms with Crippen LogP contribution in [0.1, 0.15) is 39.7 Å². The molecule has 0 unspecified atom stereocenters. The Hall–Kier alpha value is -2.19. The van der Waals surface area contributed by atoms with Crippen molar-refractivity contribution in [3.63, 3.8) is 0 Å². The van der Waals surface area contributed by atoms with Crippen LogP contribution in [-0.2, 0) is 12.8 Å². The van der Waals surface area contributed by atoms with Crippen LogP contribution in [-0.4, -0.2) is 5.91 Å². The van der Waals surface area contributed by atoms with Gasteiger partial charge < -0.3 is 5.32 Å². The third-order valence-corrected chi connectivity index (χ3v) is 5.14. The Labute approximate surface area is 132 Å². The fourth-order valence-corrected chi connectivity index (χ4v) is 4.13. The van der Waals surface area contributed by atoms with Crippen molar-refractivity contribution in [3.05, 3.63) is 51.7 Å². The molecule has 3 nitrogen and oxygen atoms in total. The maximum Gasteiger partial charge on any atom is 0.259 e. The number of benzene rings is 1. The minimum absolute atomic E-state index is 0.00821. The van der Waals surface area contributed by atoms with Crippen LogP contribution < -0.4 is 5.32 Å². The summed E-state index contributed by atoms with van der Waals surface area (Å²) in [4.78, 5) is 13.4. The van der Waals surface area contributed by atoms with Gasteiger partial charge in [0, 0.05) is 4.88 Å². The van der Waals surface area contributed by atoms with Gasteiger partial charge in [0.2, 0.25) is 0 Å². The molecule has 0 bridgehead atoms. The SMILES string of the molecule is C[C@H]1CCc2c(sc(NC(=O)c3ccccc3F)c2C#N)C1. The summed E-state index contributed by atoms with van der Waals surface area (Å²) in [6, 6.07) is 8.04. The molecule has 0 fully saturated rings. The first-order chi connectivity index (χ1) is 10.6. The molecule has 0 saturated carbocycles. The summed E-state index contributed by atoms with van der Waals surface area (Å²) >= 11 is 1.44. The van der Waals surface area contributed by atoms with Crippen molar-refractivity contribution in [2.24, 2.45) is 5.92 Å². The van der Waals surface area contributed by atoms with E-state index in [1.165, 1.54) is 34.4 Å². The van der Waals surface area contributed by atoms with Gasteiger partial charge in [0.15, 0.2) is 0 Å². The van der Waals surface area contributed by atoms with Gasteiger partial charge in [0.25, 0.3) is 5.91 Å². The molecular weight excluding hydrogens is 299 g/mol. The molecule has 1 aromatic carbocycles. The van der Waals surface area contributed by atoms with Gasteiger partial charge in [0.1, 0.15) is 16.9 Å². The average Bonchev–Trinajstić information content (AvgIpc) is 2.83. The fraction of sp³-hybridized carbons (Fsp3) is 0.294. The highest BCUT2D eigenvalue weighted by Crippen LogP contribution is 2.39. The minimum Gasteiger partial charge on any atom is -0.312 e. The summed E-state index contributed by atoms with van der Waals surface area (Å²) < 4.78 is 13.7. The monoisotopic (exact) mass is 314 g/mol. The normalized spacial score (nSPS) is 16.7. The number of amides is 1. The van der Waals surface area contributed by atoms with Crippen molar-refractivity contribution < 1.29 is 9.18 Å². The second kappa shape index (κ2) is 5.90. The highest BCUT2D eigenvalue weighted by Gasteiger charge is 2.25. The van der Waals surface area contributed by atoms with Crippen LogP contribution in [0.15, 0.2) is 24.3 Å². The van der Waals surface area contributed by atoms with E-state index < -0.39 is 11.7 Å². The maximum absolute atomic E-state index is 13.7. The van der Waals surface area contributed by atoms with E-state index in [9.17, 15) is 14.4 Å². The summed E-state index contributed by atoms with van der Waals surface area (Å²) in [5, 5.41) is 12.6. The Morgan fingerprint density at radius 1 is 1.45 bits per heavy atom. The Morgan fingerprint density at radius 3 is 2.95 bits per heavy atom. The number of nitrogens with zero attached hydrogens (tertiary/aromatic N) is 1. The molecule has 1 heterocycles. The molecule has 1 amide bonds. The number of fused-ring (bicyclic) bond motifs is 1. The minimum atomic E-state index is -0.562. The number of thiophene rings is 1. The van der Waals surface area contributed by atoms with Crippen molar-refractivity contribution in [3.8, 4) is 6.07 Å². The molecule has 0 aliphatic heterocycles. The van der Waals surface area contributed by atoms with Crippen molar-refractivity contribution >= 4 is 22.2 Å². The lowest BCUT2D eigenvalue weighted by molar-refractivity contribution is 0.102. The van der Waals surface area contributed by atoms with Gasteiger partial charge in [-0.3, -0.25) is 4.79 Å². The zero-order valence-electron chi connectivity index (χ0n) is 12.1. The number of hydrogen-bond donors (Lipinski definition) is 1. The van der Waals surface area contributed by atoms with Crippen LogP contribution >= 0.6 is 11.3 Å². The number of anilines is 1. The average molecular weight is 314 g/mol. The number of hydrogen-bond acceptors (Lipinski definition) is 3. The zero-order chi connectivity index (χ0) is 15.7. The second-order valence-electron chi connectivity index (χ2n) is 5.60. The van der Waals surface area contributed by atoms with Gasteiger partial charge in [0.05, 0.1) is 11.1 Å². The molecule has 1 aliphatic rings. The molecule has 3 rings (SSSR count). The molecule has 1 atom stereocenters. The molecule has 22 heavy (non-hydrogen) atoms. The van der Waals surface area contributed by atoms with E-state index in [2.05, 4.69) is 18.3 Å². The first-order valence-corrected chi connectivity index (χ1v) is 8.02. The smallest absolute Gasteiger partial charge is 0.259 e. The number of rotatable bonds is 2. The van der Waals surface area contributed by atoms with Crippen molar-refractivity contribution in [2.75, 3.05) is 5.32 Å². The molecular formula is C17H15FN2OS. The third-order valence-electron chi connectivity index (χ3n) is 3.97. The summed E-state index contributed by atoms with van der Waals surface area (Å²) in [5.74, 6) is -0.484. The summed E-state index contributed by atoms with van der Waals surface area (Å²) in [7, 11) is 0. The topological polar surface area (TPSA) is 52.9 Å². The Morgan fingerprint density at radius 2 is 2.23 bits per heavy atom. The molecule has 0 spiro atoms. The van der Waals surface area contributed by atoms with Gasteiger partial charge in [-0.05, 0) is 42.9 Å². The molecule has 2 aromatic rings. The highest BCUT2D eigenvalue weighted by molar-refractivity contribution is 7.16. The lowest BCUT2D eigenvalue weighted by Gasteiger charge is -2.17. The van der Waals surface area contributed by atoms with E-state index in [4.69, 9.17) is 0 Å². The second-order valence-corrected chi connectivity index (χ2v) is 6.71. The van der Waals surface area contributed by atoms with Crippen LogP contribution in [0, 0.1) is 23.1 Å². The number of nitriles is 1. The largest absolute Gasteiger partial charge is 0.312 e. The molecule has 1 aromatic heterocycles. The van der Waals surface area contributed by atoms with Crippen molar-refractivity contribution in [2.45, 2.75) is 26.2 Å². The molecule has 0 saturated heterocycles. The van der Waals surface area contributed by atoms with E-state index in [0.29, 0.717) is 16.5 Å². The number of carbonyl (C=O) groups excluding carboxylic acids is 1. The fourth-order valence-electron chi connectivity index (χ4n) is 2.77. The third kappa shape index (κ3) is 2.62. The molecule has 5 heteroatoms. The van der Waals surface area contributed by atoms with E-state index in [1.54, 1.807) is 6.07 Å². The van der Waals surface area contributed by atoms with E-state index >= 15 is 0 Å².